The molecule has 20 heavy (non-hydrogen) atoms. The molecular weight excluding hydrogens is 256 g/mol. The highest BCUT2D eigenvalue weighted by molar-refractivity contribution is 5.95. The number of aromatic hydroxyl groups is 1. The van der Waals surface area contributed by atoms with Gasteiger partial charge in [-0.2, -0.15) is 5.10 Å². The van der Waals surface area contributed by atoms with E-state index >= 15 is 0 Å². The molecule has 2 rings (SSSR count). The number of nitrogens with one attached hydrogen (secondary N) is 1. The molecule has 2 aromatic carbocycles. The molecule has 2 aromatic rings. The molecule has 2 N–H and O–H groups in total. The van der Waals surface area contributed by atoms with Crippen molar-refractivity contribution in [3.63, 3.8) is 0 Å². The minimum Gasteiger partial charge on any atom is -0.508 e. The van der Waals surface area contributed by atoms with E-state index in [1.54, 1.807) is 30.3 Å². The number of phenolic OH excluding ortho intramolecular Hbond substituents is 1. The summed E-state index contributed by atoms with van der Waals surface area (Å²) in [5.74, 6) is 0.287. The Labute approximate surface area is 116 Å². The molecular formula is C15H14N2O3. The van der Waals surface area contributed by atoms with Crippen molar-refractivity contribution in [3.8, 4) is 11.5 Å². The molecule has 0 heterocycles. The van der Waals surface area contributed by atoms with E-state index < -0.39 is 0 Å². The van der Waals surface area contributed by atoms with Gasteiger partial charge in [-0.25, -0.2) is 5.43 Å². The minimum absolute atomic E-state index is 0.104. The summed E-state index contributed by atoms with van der Waals surface area (Å²) < 4.78 is 5.10. The van der Waals surface area contributed by atoms with Crippen molar-refractivity contribution in [2.24, 2.45) is 5.10 Å². The number of hydrazone groups is 1. The molecule has 0 aromatic heterocycles. The predicted molar refractivity (Wildman–Crippen MR) is 76.2 cm³/mol. The number of hydrogen-bond acceptors (Lipinski definition) is 4. The van der Waals surface area contributed by atoms with Crippen molar-refractivity contribution in [2.45, 2.75) is 0 Å². The lowest BCUT2D eigenvalue weighted by atomic mass is 10.2. The van der Waals surface area contributed by atoms with Crippen LogP contribution in [0.1, 0.15) is 15.9 Å². The van der Waals surface area contributed by atoms with E-state index in [9.17, 15) is 9.90 Å². The van der Waals surface area contributed by atoms with Gasteiger partial charge in [-0.3, -0.25) is 4.79 Å². The van der Waals surface area contributed by atoms with Gasteiger partial charge in [0.05, 0.1) is 13.3 Å². The quantitative estimate of drug-likeness (QED) is 0.660. The second-order valence-corrected chi connectivity index (χ2v) is 3.99. The van der Waals surface area contributed by atoms with Crippen LogP contribution in [0.5, 0.6) is 11.5 Å². The minimum atomic E-state index is -0.292. The maximum Gasteiger partial charge on any atom is 0.271 e. The fourth-order valence-corrected chi connectivity index (χ4v) is 1.62. The molecule has 0 spiro atoms. The first-order valence-electron chi connectivity index (χ1n) is 5.96. The first-order valence-corrected chi connectivity index (χ1v) is 5.96. The first-order chi connectivity index (χ1) is 9.70. The van der Waals surface area contributed by atoms with Crippen LogP contribution in [0, 0.1) is 0 Å². The van der Waals surface area contributed by atoms with Crippen LogP contribution in [-0.4, -0.2) is 24.3 Å². The Morgan fingerprint density at radius 1 is 1.25 bits per heavy atom. The fraction of sp³-hybridized carbons (Fsp3) is 0.0667. The second-order valence-electron chi connectivity index (χ2n) is 3.99. The third-order valence-corrected chi connectivity index (χ3v) is 2.62. The van der Waals surface area contributed by atoms with E-state index in [0.717, 1.165) is 0 Å². The smallest absolute Gasteiger partial charge is 0.271 e. The molecule has 1 amide bonds. The Morgan fingerprint density at radius 3 is 2.70 bits per heavy atom. The second kappa shape index (κ2) is 6.38. The Balaban J connectivity index is 2.05. The summed E-state index contributed by atoms with van der Waals surface area (Å²) in [5.41, 5.74) is 3.61. The average Bonchev–Trinajstić information content (AvgIpc) is 2.49. The van der Waals surface area contributed by atoms with Crippen LogP contribution in [0.15, 0.2) is 53.6 Å². The van der Waals surface area contributed by atoms with Crippen LogP contribution >= 0.6 is 0 Å². The van der Waals surface area contributed by atoms with Gasteiger partial charge in [-0.05, 0) is 24.3 Å². The summed E-state index contributed by atoms with van der Waals surface area (Å²) in [6.07, 6.45) is 1.46. The zero-order valence-corrected chi connectivity index (χ0v) is 10.9. The van der Waals surface area contributed by atoms with Crippen LogP contribution < -0.4 is 10.2 Å². The van der Waals surface area contributed by atoms with E-state index in [-0.39, 0.29) is 11.7 Å². The van der Waals surface area contributed by atoms with Gasteiger partial charge in [0.15, 0.2) is 0 Å². The van der Waals surface area contributed by atoms with E-state index in [2.05, 4.69) is 10.5 Å². The predicted octanol–water partition coefficient (Wildman–Crippen LogP) is 2.16. The number of hydrogen-bond donors (Lipinski definition) is 2. The lowest BCUT2D eigenvalue weighted by Crippen LogP contribution is -2.17. The zero-order chi connectivity index (χ0) is 14.4. The molecule has 0 aliphatic rings. The monoisotopic (exact) mass is 270 g/mol. The number of amides is 1. The molecule has 0 saturated carbocycles. The highest BCUT2D eigenvalue weighted by Gasteiger charge is 2.03. The number of nitrogens with zero attached hydrogens (tertiary/aromatic N) is 1. The van der Waals surface area contributed by atoms with Crippen LogP contribution in [0.25, 0.3) is 0 Å². The van der Waals surface area contributed by atoms with Crippen LogP contribution in [-0.2, 0) is 0 Å². The van der Waals surface area contributed by atoms with Crippen LogP contribution in [0.4, 0.5) is 0 Å². The molecule has 0 aliphatic carbocycles. The van der Waals surface area contributed by atoms with Gasteiger partial charge < -0.3 is 9.84 Å². The van der Waals surface area contributed by atoms with E-state index in [1.165, 1.54) is 25.5 Å². The van der Waals surface area contributed by atoms with Crippen LogP contribution in [0.3, 0.4) is 0 Å². The third kappa shape index (κ3) is 3.35. The molecule has 0 aliphatic heterocycles. The maximum atomic E-state index is 11.7. The summed E-state index contributed by atoms with van der Waals surface area (Å²) >= 11 is 0. The average molecular weight is 270 g/mol. The van der Waals surface area contributed by atoms with Crippen molar-refractivity contribution in [2.75, 3.05) is 7.11 Å². The number of carbonyl (C=O) groups excluding carboxylic acids is 1. The molecule has 0 radical (unpaired) electrons. The Hall–Kier alpha value is -2.82. The summed E-state index contributed by atoms with van der Waals surface area (Å²) in [7, 11) is 1.49. The van der Waals surface area contributed by atoms with Crippen molar-refractivity contribution >= 4 is 12.1 Å². The lowest BCUT2D eigenvalue weighted by molar-refractivity contribution is 0.0955. The van der Waals surface area contributed by atoms with E-state index in [4.69, 9.17) is 4.74 Å². The molecule has 102 valence electrons. The SMILES string of the molecule is COc1cc(O)ccc1/C=N/NC(=O)c1ccccc1. The number of phenols is 1. The molecule has 5 nitrogen and oxygen atoms in total. The molecule has 0 saturated heterocycles. The van der Waals surface area contributed by atoms with Crippen molar-refractivity contribution in [1.82, 2.24) is 5.43 Å². The van der Waals surface area contributed by atoms with Crippen molar-refractivity contribution in [3.05, 3.63) is 59.7 Å². The molecule has 0 unspecified atom stereocenters. The van der Waals surface area contributed by atoms with Gasteiger partial charge >= 0.3 is 0 Å². The Bertz CT molecular complexity index is 624. The summed E-state index contributed by atoms with van der Waals surface area (Å²) in [5, 5.41) is 13.2. The number of carbonyl (C=O) groups is 1. The molecule has 5 heteroatoms. The van der Waals surface area contributed by atoms with E-state index in [0.29, 0.717) is 16.9 Å². The number of methoxy groups -OCH3 is 1. The summed E-state index contributed by atoms with van der Waals surface area (Å²) in [6.45, 7) is 0. The zero-order valence-electron chi connectivity index (χ0n) is 10.9. The van der Waals surface area contributed by atoms with E-state index in [1.807, 2.05) is 6.07 Å². The van der Waals surface area contributed by atoms with Gasteiger partial charge in [0.1, 0.15) is 11.5 Å². The first kappa shape index (κ1) is 13.6. The highest BCUT2D eigenvalue weighted by atomic mass is 16.5. The standard InChI is InChI=1S/C15H14N2O3/c1-20-14-9-13(18)8-7-12(14)10-16-17-15(19)11-5-3-2-4-6-11/h2-10,18H,1H3,(H,17,19)/b16-10+. The number of benzene rings is 2. The van der Waals surface area contributed by atoms with Gasteiger partial charge in [-0.15, -0.1) is 0 Å². The van der Waals surface area contributed by atoms with Gasteiger partial charge in [0.2, 0.25) is 0 Å². The molecule has 0 fully saturated rings. The normalized spacial score (nSPS) is 10.4. The largest absolute Gasteiger partial charge is 0.508 e. The van der Waals surface area contributed by atoms with Gasteiger partial charge in [-0.1, -0.05) is 18.2 Å². The Kier molecular flexibility index (Phi) is 4.34. The summed E-state index contributed by atoms with van der Waals surface area (Å²) in [6, 6.07) is 13.4. The van der Waals surface area contributed by atoms with Gasteiger partial charge in [0.25, 0.3) is 5.91 Å². The van der Waals surface area contributed by atoms with Crippen LogP contribution in [0.2, 0.25) is 0 Å². The lowest BCUT2D eigenvalue weighted by Gasteiger charge is -2.04. The number of rotatable bonds is 4. The highest BCUT2D eigenvalue weighted by Crippen LogP contribution is 2.21. The van der Waals surface area contributed by atoms with Crippen molar-refractivity contribution in [1.29, 1.82) is 0 Å². The third-order valence-electron chi connectivity index (χ3n) is 2.62. The van der Waals surface area contributed by atoms with Crippen molar-refractivity contribution < 1.29 is 14.6 Å². The fourth-order valence-electron chi connectivity index (χ4n) is 1.62. The van der Waals surface area contributed by atoms with Gasteiger partial charge in [0, 0.05) is 17.2 Å². The Morgan fingerprint density at radius 2 is 2.00 bits per heavy atom. The number of ether oxygens (including phenoxy) is 1. The maximum absolute atomic E-state index is 11.7. The summed E-state index contributed by atoms with van der Waals surface area (Å²) in [4.78, 5) is 11.7. The molecule has 0 bridgehead atoms. The topological polar surface area (TPSA) is 70.9 Å². The molecule has 0 atom stereocenters.